The van der Waals surface area contributed by atoms with Crippen molar-refractivity contribution in [1.82, 2.24) is 10.3 Å². The largest absolute Gasteiger partial charge is 0.378 e. The van der Waals surface area contributed by atoms with Gasteiger partial charge in [0.15, 0.2) is 0 Å². The number of morpholine rings is 1. The summed E-state index contributed by atoms with van der Waals surface area (Å²) in [5.41, 5.74) is 1.30. The Morgan fingerprint density at radius 1 is 1.39 bits per heavy atom. The lowest BCUT2D eigenvalue weighted by molar-refractivity contribution is 0.0767. The van der Waals surface area contributed by atoms with Gasteiger partial charge in [0, 0.05) is 11.4 Å². The summed E-state index contributed by atoms with van der Waals surface area (Å²) in [5, 5.41) is 4.69. The number of ether oxygens (including phenoxy) is 1. The Morgan fingerprint density at radius 3 is 2.72 bits per heavy atom. The summed E-state index contributed by atoms with van der Waals surface area (Å²) in [6, 6.07) is 0.294. The third-order valence-corrected chi connectivity index (χ3v) is 4.60. The minimum Gasteiger partial charge on any atom is -0.378 e. The second-order valence-corrected chi connectivity index (χ2v) is 6.76. The summed E-state index contributed by atoms with van der Waals surface area (Å²) < 4.78 is 5.53. The van der Waals surface area contributed by atoms with Crippen LogP contribution in [0.1, 0.15) is 55.2 Å². The number of rotatable bonds is 4. The van der Waals surface area contributed by atoms with E-state index in [0.717, 1.165) is 26.2 Å². The van der Waals surface area contributed by atoms with E-state index >= 15 is 0 Å². The molecule has 0 bridgehead atoms. The Balaban J connectivity index is 2.20. The zero-order valence-corrected chi connectivity index (χ0v) is 12.6. The molecule has 18 heavy (non-hydrogen) atoms. The van der Waals surface area contributed by atoms with E-state index in [1.165, 1.54) is 15.6 Å². The molecule has 4 heteroatoms. The maximum Gasteiger partial charge on any atom is 0.112 e. The molecule has 0 aromatic carbocycles. The van der Waals surface area contributed by atoms with E-state index in [9.17, 15) is 0 Å². The Morgan fingerprint density at radius 2 is 2.17 bits per heavy atom. The number of hydrogen-bond acceptors (Lipinski definition) is 4. The highest BCUT2D eigenvalue weighted by Gasteiger charge is 2.22. The normalized spacial score (nSPS) is 20.9. The van der Waals surface area contributed by atoms with Crippen LogP contribution in [0.2, 0.25) is 0 Å². The predicted molar refractivity (Wildman–Crippen MR) is 76.3 cm³/mol. The molecule has 0 radical (unpaired) electrons. The van der Waals surface area contributed by atoms with Gasteiger partial charge in [-0.1, -0.05) is 27.7 Å². The van der Waals surface area contributed by atoms with E-state index in [1.807, 2.05) is 11.3 Å². The SMILES string of the molecule is CC(C)Cc1nc(C2COCCN2)sc1C(C)C. The molecule has 1 aromatic heterocycles. The Labute approximate surface area is 114 Å². The van der Waals surface area contributed by atoms with Gasteiger partial charge in [-0.2, -0.15) is 0 Å². The zero-order valence-electron chi connectivity index (χ0n) is 11.8. The molecule has 3 nitrogen and oxygen atoms in total. The molecule has 1 aliphatic rings. The van der Waals surface area contributed by atoms with Crippen molar-refractivity contribution in [3.05, 3.63) is 15.6 Å². The highest BCUT2D eigenvalue weighted by atomic mass is 32.1. The van der Waals surface area contributed by atoms with Gasteiger partial charge < -0.3 is 10.1 Å². The molecule has 1 N–H and O–H groups in total. The van der Waals surface area contributed by atoms with Gasteiger partial charge in [-0.3, -0.25) is 0 Å². The topological polar surface area (TPSA) is 34.1 Å². The molecular weight excluding hydrogens is 244 g/mol. The van der Waals surface area contributed by atoms with E-state index in [4.69, 9.17) is 9.72 Å². The fourth-order valence-corrected chi connectivity index (χ4v) is 3.40. The highest BCUT2D eigenvalue weighted by Crippen LogP contribution is 2.31. The molecule has 2 rings (SSSR count). The third-order valence-electron chi connectivity index (χ3n) is 3.09. The number of aromatic nitrogens is 1. The van der Waals surface area contributed by atoms with Gasteiger partial charge in [0.1, 0.15) is 5.01 Å². The van der Waals surface area contributed by atoms with Crippen molar-refractivity contribution >= 4 is 11.3 Å². The minimum atomic E-state index is 0.294. The quantitative estimate of drug-likeness (QED) is 0.911. The first-order chi connectivity index (χ1) is 8.58. The van der Waals surface area contributed by atoms with E-state index < -0.39 is 0 Å². The Kier molecular flexibility index (Phi) is 4.76. The summed E-state index contributed by atoms with van der Waals surface area (Å²) >= 11 is 1.86. The average Bonchev–Trinajstić information content (AvgIpc) is 2.73. The van der Waals surface area contributed by atoms with E-state index in [2.05, 4.69) is 33.0 Å². The van der Waals surface area contributed by atoms with Gasteiger partial charge in [0.2, 0.25) is 0 Å². The first kappa shape index (κ1) is 14.0. The first-order valence-corrected chi connectivity index (χ1v) is 7.70. The summed E-state index contributed by atoms with van der Waals surface area (Å²) in [6.45, 7) is 11.5. The van der Waals surface area contributed by atoms with Crippen molar-refractivity contribution < 1.29 is 4.74 Å². The number of thiazole rings is 1. The summed E-state index contributed by atoms with van der Waals surface area (Å²) in [7, 11) is 0. The molecule has 1 aromatic rings. The Hall–Kier alpha value is -0.450. The molecular formula is C14H24N2OS. The molecule has 0 amide bonds. The summed E-state index contributed by atoms with van der Waals surface area (Å²) in [4.78, 5) is 6.32. The zero-order chi connectivity index (χ0) is 13.1. The van der Waals surface area contributed by atoms with Crippen molar-refractivity contribution in [1.29, 1.82) is 0 Å². The predicted octanol–water partition coefficient (Wildman–Crippen LogP) is 3.13. The van der Waals surface area contributed by atoms with Gasteiger partial charge in [-0.05, 0) is 18.3 Å². The second kappa shape index (κ2) is 6.13. The molecule has 1 saturated heterocycles. The van der Waals surface area contributed by atoms with Crippen molar-refractivity contribution in [3.8, 4) is 0 Å². The van der Waals surface area contributed by atoms with Crippen molar-refractivity contribution in [3.63, 3.8) is 0 Å². The molecule has 1 unspecified atom stereocenters. The van der Waals surface area contributed by atoms with Gasteiger partial charge in [-0.15, -0.1) is 11.3 Å². The Bertz CT molecular complexity index is 381. The first-order valence-electron chi connectivity index (χ1n) is 6.88. The molecule has 0 aliphatic carbocycles. The van der Waals surface area contributed by atoms with Crippen LogP contribution in [0.25, 0.3) is 0 Å². The maximum atomic E-state index is 5.53. The molecule has 1 fully saturated rings. The smallest absolute Gasteiger partial charge is 0.112 e. The second-order valence-electron chi connectivity index (χ2n) is 5.70. The summed E-state index contributed by atoms with van der Waals surface area (Å²) in [5.74, 6) is 1.22. The summed E-state index contributed by atoms with van der Waals surface area (Å²) in [6.07, 6.45) is 1.08. The number of hydrogen-bond donors (Lipinski definition) is 1. The van der Waals surface area contributed by atoms with Gasteiger partial charge in [-0.25, -0.2) is 4.98 Å². The lowest BCUT2D eigenvalue weighted by Crippen LogP contribution is -2.34. The van der Waals surface area contributed by atoms with Crippen LogP contribution in [0.4, 0.5) is 0 Å². The lowest BCUT2D eigenvalue weighted by atomic mass is 10.0. The van der Waals surface area contributed by atoms with E-state index in [0.29, 0.717) is 17.9 Å². The molecule has 0 spiro atoms. The highest BCUT2D eigenvalue weighted by molar-refractivity contribution is 7.11. The fourth-order valence-electron chi connectivity index (χ4n) is 2.24. The van der Waals surface area contributed by atoms with Crippen molar-refractivity contribution in [2.45, 2.75) is 46.1 Å². The van der Waals surface area contributed by atoms with Crippen LogP contribution >= 0.6 is 11.3 Å². The van der Waals surface area contributed by atoms with Crippen LogP contribution in [0, 0.1) is 5.92 Å². The standard InChI is InChI=1S/C14H24N2OS/c1-9(2)7-11-13(10(3)4)18-14(16-11)12-8-17-6-5-15-12/h9-10,12,15H,5-8H2,1-4H3. The van der Waals surface area contributed by atoms with E-state index in [-0.39, 0.29) is 0 Å². The monoisotopic (exact) mass is 268 g/mol. The molecule has 0 saturated carbocycles. The van der Waals surface area contributed by atoms with Gasteiger partial charge in [0.25, 0.3) is 0 Å². The third kappa shape index (κ3) is 3.31. The average molecular weight is 268 g/mol. The van der Waals surface area contributed by atoms with Crippen LogP contribution in [0.3, 0.4) is 0 Å². The van der Waals surface area contributed by atoms with Gasteiger partial charge in [0.05, 0.1) is 24.9 Å². The van der Waals surface area contributed by atoms with Crippen LogP contribution in [0.5, 0.6) is 0 Å². The number of nitrogens with zero attached hydrogens (tertiary/aromatic N) is 1. The molecule has 102 valence electrons. The molecule has 1 aliphatic heterocycles. The van der Waals surface area contributed by atoms with Crippen LogP contribution in [-0.2, 0) is 11.2 Å². The molecule has 2 heterocycles. The van der Waals surface area contributed by atoms with Crippen LogP contribution in [-0.4, -0.2) is 24.7 Å². The van der Waals surface area contributed by atoms with Gasteiger partial charge >= 0.3 is 0 Å². The van der Waals surface area contributed by atoms with Crippen LogP contribution < -0.4 is 5.32 Å². The fraction of sp³-hybridized carbons (Fsp3) is 0.786. The van der Waals surface area contributed by atoms with E-state index in [1.54, 1.807) is 0 Å². The van der Waals surface area contributed by atoms with Crippen molar-refractivity contribution in [2.75, 3.05) is 19.8 Å². The van der Waals surface area contributed by atoms with Crippen LogP contribution in [0.15, 0.2) is 0 Å². The lowest BCUT2D eigenvalue weighted by Gasteiger charge is -2.21. The minimum absolute atomic E-state index is 0.294. The maximum absolute atomic E-state index is 5.53. The molecule has 1 atom stereocenters. The number of nitrogens with one attached hydrogen (secondary N) is 1. The van der Waals surface area contributed by atoms with Crippen molar-refractivity contribution in [2.24, 2.45) is 5.92 Å².